The van der Waals surface area contributed by atoms with Crippen LogP contribution in [0.1, 0.15) is 39.2 Å². The molecule has 4 nitrogen and oxygen atoms in total. The number of alkyl halides is 3. The number of urea groups is 1. The van der Waals surface area contributed by atoms with Crippen molar-refractivity contribution in [2.45, 2.75) is 52.4 Å². The molecular weight excluding hydrogens is 321 g/mol. The molecule has 0 aliphatic rings. The molecule has 136 valence electrons. The minimum Gasteiger partial charge on any atom is -0.484 e. The van der Waals surface area contributed by atoms with Crippen LogP contribution in [0.3, 0.4) is 0 Å². The Bertz CT molecular complexity index is 519. The molecule has 0 bridgehead atoms. The van der Waals surface area contributed by atoms with Crippen LogP contribution in [0, 0.1) is 5.92 Å². The molecule has 0 saturated heterocycles. The van der Waals surface area contributed by atoms with E-state index in [0.717, 1.165) is 12.8 Å². The lowest BCUT2D eigenvalue weighted by atomic mass is 10.0. The number of hydrogen-bond acceptors (Lipinski definition) is 2. The summed E-state index contributed by atoms with van der Waals surface area (Å²) in [7, 11) is 0. The number of benzene rings is 1. The minimum atomic E-state index is -4.37. The third-order valence-corrected chi connectivity index (χ3v) is 3.31. The van der Waals surface area contributed by atoms with Crippen LogP contribution in [-0.2, 0) is 6.54 Å². The predicted molar refractivity (Wildman–Crippen MR) is 86.9 cm³/mol. The van der Waals surface area contributed by atoms with Crippen LogP contribution in [-0.4, -0.2) is 24.9 Å². The SMILES string of the molecule is CC(C)CCC(C)NC(=O)NCc1cccc(OCC(F)(F)F)c1. The summed E-state index contributed by atoms with van der Waals surface area (Å²) >= 11 is 0. The van der Waals surface area contributed by atoms with Crippen LogP contribution in [0.4, 0.5) is 18.0 Å². The van der Waals surface area contributed by atoms with Crippen LogP contribution in [0.25, 0.3) is 0 Å². The largest absolute Gasteiger partial charge is 0.484 e. The summed E-state index contributed by atoms with van der Waals surface area (Å²) in [5, 5.41) is 5.52. The highest BCUT2D eigenvalue weighted by atomic mass is 19.4. The number of halogens is 3. The van der Waals surface area contributed by atoms with Crippen LogP contribution >= 0.6 is 0 Å². The van der Waals surface area contributed by atoms with Gasteiger partial charge < -0.3 is 15.4 Å². The highest BCUT2D eigenvalue weighted by Crippen LogP contribution is 2.19. The number of amides is 2. The molecule has 0 saturated carbocycles. The van der Waals surface area contributed by atoms with E-state index in [-0.39, 0.29) is 24.4 Å². The van der Waals surface area contributed by atoms with Gasteiger partial charge in [0.25, 0.3) is 0 Å². The van der Waals surface area contributed by atoms with Gasteiger partial charge in [-0.05, 0) is 43.4 Å². The van der Waals surface area contributed by atoms with E-state index in [1.807, 2.05) is 6.92 Å². The molecule has 1 atom stereocenters. The highest BCUT2D eigenvalue weighted by Gasteiger charge is 2.28. The fraction of sp³-hybridized carbons (Fsp3) is 0.588. The Labute approximate surface area is 140 Å². The molecule has 0 fully saturated rings. The summed E-state index contributed by atoms with van der Waals surface area (Å²) < 4.78 is 41.1. The van der Waals surface area contributed by atoms with Gasteiger partial charge in [-0.1, -0.05) is 26.0 Å². The van der Waals surface area contributed by atoms with Crippen molar-refractivity contribution in [2.75, 3.05) is 6.61 Å². The first-order valence-corrected chi connectivity index (χ1v) is 7.98. The quantitative estimate of drug-likeness (QED) is 0.739. The topological polar surface area (TPSA) is 50.4 Å². The minimum absolute atomic E-state index is 0.0638. The fourth-order valence-electron chi connectivity index (χ4n) is 2.02. The molecule has 1 aromatic rings. The maximum absolute atomic E-state index is 12.1. The molecule has 7 heteroatoms. The van der Waals surface area contributed by atoms with E-state index in [9.17, 15) is 18.0 Å². The second-order valence-corrected chi connectivity index (χ2v) is 6.25. The third-order valence-electron chi connectivity index (χ3n) is 3.31. The van der Waals surface area contributed by atoms with Gasteiger partial charge in [0.1, 0.15) is 5.75 Å². The number of carbonyl (C=O) groups is 1. The average molecular weight is 346 g/mol. The lowest BCUT2D eigenvalue weighted by Gasteiger charge is -2.16. The number of rotatable bonds is 8. The smallest absolute Gasteiger partial charge is 0.422 e. The van der Waals surface area contributed by atoms with Crippen molar-refractivity contribution >= 4 is 6.03 Å². The van der Waals surface area contributed by atoms with Crippen LogP contribution in [0.2, 0.25) is 0 Å². The van der Waals surface area contributed by atoms with Gasteiger partial charge in [-0.25, -0.2) is 4.79 Å². The van der Waals surface area contributed by atoms with Gasteiger partial charge >= 0.3 is 12.2 Å². The Hall–Kier alpha value is -1.92. The van der Waals surface area contributed by atoms with Crippen LogP contribution < -0.4 is 15.4 Å². The van der Waals surface area contributed by atoms with Crippen molar-refractivity contribution in [3.63, 3.8) is 0 Å². The zero-order valence-corrected chi connectivity index (χ0v) is 14.2. The van der Waals surface area contributed by atoms with E-state index in [2.05, 4.69) is 29.2 Å². The van der Waals surface area contributed by atoms with Gasteiger partial charge in [-0.2, -0.15) is 13.2 Å². The summed E-state index contributed by atoms with van der Waals surface area (Å²) in [4.78, 5) is 11.8. The first kappa shape index (κ1) is 20.1. The highest BCUT2D eigenvalue weighted by molar-refractivity contribution is 5.74. The number of hydrogen-bond donors (Lipinski definition) is 2. The molecule has 2 N–H and O–H groups in total. The lowest BCUT2D eigenvalue weighted by Crippen LogP contribution is -2.40. The molecular formula is C17H25F3N2O2. The molecule has 0 aliphatic heterocycles. The first-order chi connectivity index (χ1) is 11.2. The summed E-state index contributed by atoms with van der Waals surface area (Å²) in [5.41, 5.74) is 0.666. The summed E-state index contributed by atoms with van der Waals surface area (Å²) in [6, 6.07) is 5.99. The normalized spacial score (nSPS) is 12.8. The van der Waals surface area contributed by atoms with Gasteiger partial charge in [0, 0.05) is 12.6 Å². The summed E-state index contributed by atoms with van der Waals surface area (Å²) in [6.45, 7) is 5.07. The Balaban J connectivity index is 2.40. The van der Waals surface area contributed by atoms with E-state index in [1.54, 1.807) is 12.1 Å². The van der Waals surface area contributed by atoms with E-state index < -0.39 is 12.8 Å². The molecule has 0 aromatic heterocycles. The van der Waals surface area contributed by atoms with Gasteiger partial charge in [-0.15, -0.1) is 0 Å². The average Bonchev–Trinajstić information content (AvgIpc) is 2.49. The summed E-state index contributed by atoms with van der Waals surface area (Å²) in [5.74, 6) is 0.703. The van der Waals surface area contributed by atoms with Crippen molar-refractivity contribution in [2.24, 2.45) is 5.92 Å². The number of nitrogens with one attached hydrogen (secondary N) is 2. The predicted octanol–water partition coefficient (Wildman–Crippen LogP) is 4.25. The second-order valence-electron chi connectivity index (χ2n) is 6.25. The second kappa shape index (κ2) is 9.39. The lowest BCUT2D eigenvalue weighted by molar-refractivity contribution is -0.153. The molecule has 1 aromatic carbocycles. The molecule has 0 aliphatic carbocycles. The molecule has 0 spiro atoms. The van der Waals surface area contributed by atoms with Gasteiger partial charge in [0.05, 0.1) is 0 Å². The standard InChI is InChI=1S/C17H25F3N2O2/c1-12(2)7-8-13(3)22-16(23)21-10-14-5-4-6-15(9-14)24-11-17(18,19)20/h4-6,9,12-13H,7-8,10-11H2,1-3H3,(H2,21,22,23). The molecule has 24 heavy (non-hydrogen) atoms. The Morgan fingerprint density at radius 3 is 2.54 bits per heavy atom. The Kier molecular flexibility index (Phi) is 7.88. The number of ether oxygens (including phenoxy) is 1. The Morgan fingerprint density at radius 1 is 1.21 bits per heavy atom. The van der Waals surface area contributed by atoms with E-state index in [4.69, 9.17) is 0 Å². The van der Waals surface area contributed by atoms with Crippen molar-refractivity contribution in [3.05, 3.63) is 29.8 Å². The fourth-order valence-corrected chi connectivity index (χ4v) is 2.02. The molecule has 1 unspecified atom stereocenters. The molecule has 0 heterocycles. The van der Waals surface area contributed by atoms with E-state index in [0.29, 0.717) is 11.5 Å². The first-order valence-electron chi connectivity index (χ1n) is 7.98. The third kappa shape index (κ3) is 9.27. The van der Waals surface area contributed by atoms with E-state index in [1.165, 1.54) is 12.1 Å². The zero-order chi connectivity index (χ0) is 18.2. The van der Waals surface area contributed by atoms with Crippen LogP contribution in [0.15, 0.2) is 24.3 Å². The van der Waals surface area contributed by atoms with Gasteiger partial charge in [0.2, 0.25) is 0 Å². The van der Waals surface area contributed by atoms with Gasteiger partial charge in [0.15, 0.2) is 6.61 Å². The van der Waals surface area contributed by atoms with Crippen molar-refractivity contribution in [1.82, 2.24) is 10.6 Å². The maximum Gasteiger partial charge on any atom is 0.422 e. The Morgan fingerprint density at radius 2 is 1.92 bits per heavy atom. The van der Waals surface area contributed by atoms with Crippen molar-refractivity contribution < 1.29 is 22.7 Å². The monoisotopic (exact) mass is 346 g/mol. The molecule has 2 amide bonds. The molecule has 0 radical (unpaired) electrons. The van der Waals surface area contributed by atoms with Gasteiger partial charge in [-0.3, -0.25) is 0 Å². The number of carbonyl (C=O) groups excluding carboxylic acids is 1. The van der Waals surface area contributed by atoms with Crippen molar-refractivity contribution in [1.29, 1.82) is 0 Å². The summed E-state index contributed by atoms with van der Waals surface area (Å²) in [6.07, 6.45) is -2.45. The van der Waals surface area contributed by atoms with Crippen LogP contribution in [0.5, 0.6) is 5.75 Å². The molecule has 1 rings (SSSR count). The van der Waals surface area contributed by atoms with Crippen molar-refractivity contribution in [3.8, 4) is 5.75 Å². The zero-order valence-electron chi connectivity index (χ0n) is 14.2. The van der Waals surface area contributed by atoms with E-state index >= 15 is 0 Å². The maximum atomic E-state index is 12.1.